The first-order valence-corrected chi connectivity index (χ1v) is 11.2. The number of amides is 1. The van der Waals surface area contributed by atoms with Gasteiger partial charge in [0.15, 0.2) is 0 Å². The molecule has 1 amide bonds. The summed E-state index contributed by atoms with van der Waals surface area (Å²) in [5.74, 6) is -0.823. The number of rotatable bonds is 7. The maximum absolute atomic E-state index is 13.2. The highest BCUT2D eigenvalue weighted by atomic mass is 32.2. The van der Waals surface area contributed by atoms with E-state index in [4.69, 9.17) is 0 Å². The van der Waals surface area contributed by atoms with Crippen LogP contribution in [0.4, 0.5) is 18.9 Å². The van der Waals surface area contributed by atoms with Gasteiger partial charge in [0.25, 0.3) is 15.9 Å². The van der Waals surface area contributed by atoms with Crippen LogP contribution in [-0.4, -0.2) is 27.1 Å². The maximum atomic E-state index is 13.2. The lowest BCUT2D eigenvalue weighted by Crippen LogP contribution is -2.39. The van der Waals surface area contributed by atoms with Crippen molar-refractivity contribution in [3.05, 3.63) is 95.6 Å². The van der Waals surface area contributed by atoms with Crippen LogP contribution >= 0.6 is 0 Å². The first-order chi connectivity index (χ1) is 15.6. The standard InChI is InChI=1S/C23H20F3N3O3S/c1-17-11-13-19(14-12-17)29(33(31,32)20-8-3-2-4-9-20)16-22(30)28-27-15-18-7-5-6-10-21(18)23(24,25)26/h2-15H,16H2,1H3,(H,28,30)/b27-15-. The minimum Gasteiger partial charge on any atom is -0.271 e. The molecule has 0 saturated carbocycles. The molecule has 0 aliphatic carbocycles. The van der Waals surface area contributed by atoms with Crippen LogP contribution in [0.2, 0.25) is 0 Å². The van der Waals surface area contributed by atoms with Gasteiger partial charge in [0, 0.05) is 5.56 Å². The zero-order valence-corrected chi connectivity index (χ0v) is 18.3. The van der Waals surface area contributed by atoms with E-state index in [1.807, 2.05) is 6.92 Å². The Morgan fingerprint density at radius 3 is 2.21 bits per heavy atom. The summed E-state index contributed by atoms with van der Waals surface area (Å²) in [6, 6.07) is 18.9. The number of hydrogen-bond donors (Lipinski definition) is 1. The third-order valence-electron chi connectivity index (χ3n) is 4.60. The molecule has 0 heterocycles. The smallest absolute Gasteiger partial charge is 0.271 e. The van der Waals surface area contributed by atoms with Gasteiger partial charge in [-0.15, -0.1) is 0 Å². The van der Waals surface area contributed by atoms with Crippen molar-refractivity contribution in [3.8, 4) is 0 Å². The highest BCUT2D eigenvalue weighted by Gasteiger charge is 2.32. The molecule has 0 fully saturated rings. The van der Waals surface area contributed by atoms with Gasteiger partial charge >= 0.3 is 6.18 Å². The van der Waals surface area contributed by atoms with E-state index < -0.39 is 34.2 Å². The predicted molar refractivity (Wildman–Crippen MR) is 119 cm³/mol. The van der Waals surface area contributed by atoms with E-state index >= 15 is 0 Å². The lowest BCUT2D eigenvalue weighted by atomic mass is 10.1. The van der Waals surface area contributed by atoms with Crippen molar-refractivity contribution >= 4 is 27.8 Å². The molecule has 0 spiro atoms. The average Bonchev–Trinajstić information content (AvgIpc) is 2.78. The Morgan fingerprint density at radius 2 is 1.58 bits per heavy atom. The minimum atomic E-state index is -4.58. The number of nitrogens with one attached hydrogen (secondary N) is 1. The van der Waals surface area contributed by atoms with E-state index in [1.165, 1.54) is 30.3 Å². The molecule has 3 aromatic rings. The summed E-state index contributed by atoms with van der Waals surface area (Å²) in [7, 11) is -4.09. The molecule has 0 aliphatic rings. The fraction of sp³-hybridized carbons (Fsp3) is 0.130. The largest absolute Gasteiger partial charge is 0.417 e. The van der Waals surface area contributed by atoms with E-state index in [9.17, 15) is 26.4 Å². The van der Waals surface area contributed by atoms with Crippen molar-refractivity contribution in [2.75, 3.05) is 10.8 Å². The quantitative estimate of drug-likeness (QED) is 0.407. The minimum absolute atomic E-state index is 0.0130. The second kappa shape index (κ2) is 9.86. The number of hydrogen-bond acceptors (Lipinski definition) is 4. The number of halogens is 3. The third kappa shape index (κ3) is 5.98. The van der Waals surface area contributed by atoms with E-state index in [1.54, 1.807) is 42.5 Å². The summed E-state index contributed by atoms with van der Waals surface area (Å²) < 4.78 is 66.6. The normalized spacial score (nSPS) is 12.0. The van der Waals surface area contributed by atoms with Gasteiger partial charge in [0.1, 0.15) is 6.54 Å². The Kier molecular flexibility index (Phi) is 7.17. The van der Waals surface area contributed by atoms with Crippen LogP contribution in [0.25, 0.3) is 0 Å². The van der Waals surface area contributed by atoms with E-state index in [2.05, 4.69) is 10.5 Å². The van der Waals surface area contributed by atoms with Crippen molar-refractivity contribution in [1.82, 2.24) is 5.43 Å². The molecule has 0 bridgehead atoms. The van der Waals surface area contributed by atoms with Gasteiger partial charge in [-0.25, -0.2) is 13.8 Å². The van der Waals surface area contributed by atoms with Crippen LogP contribution < -0.4 is 9.73 Å². The molecule has 1 N–H and O–H groups in total. The first kappa shape index (κ1) is 24.0. The van der Waals surface area contributed by atoms with Crippen LogP contribution in [0.1, 0.15) is 16.7 Å². The summed E-state index contributed by atoms with van der Waals surface area (Å²) in [5.41, 5.74) is 2.11. The summed E-state index contributed by atoms with van der Waals surface area (Å²) in [4.78, 5) is 12.5. The number of nitrogens with zero attached hydrogens (tertiary/aromatic N) is 2. The third-order valence-corrected chi connectivity index (χ3v) is 6.39. The van der Waals surface area contributed by atoms with E-state index in [0.29, 0.717) is 0 Å². The molecular formula is C23H20F3N3O3S. The fourth-order valence-electron chi connectivity index (χ4n) is 2.95. The molecule has 0 radical (unpaired) electrons. The molecule has 33 heavy (non-hydrogen) atoms. The number of sulfonamides is 1. The van der Waals surface area contributed by atoms with E-state index in [0.717, 1.165) is 22.1 Å². The summed E-state index contributed by atoms with van der Waals surface area (Å²) >= 11 is 0. The van der Waals surface area contributed by atoms with Gasteiger partial charge in [-0.2, -0.15) is 18.3 Å². The summed E-state index contributed by atoms with van der Waals surface area (Å²) in [5, 5.41) is 3.59. The van der Waals surface area contributed by atoms with Crippen LogP contribution in [0.3, 0.4) is 0 Å². The predicted octanol–water partition coefficient (Wildman–Crippen LogP) is 4.36. The Balaban J connectivity index is 1.83. The molecular weight excluding hydrogens is 455 g/mol. The lowest BCUT2D eigenvalue weighted by Gasteiger charge is -2.23. The molecule has 0 aromatic heterocycles. The van der Waals surface area contributed by atoms with Crippen LogP contribution in [0, 0.1) is 6.92 Å². The fourth-order valence-corrected chi connectivity index (χ4v) is 4.40. The van der Waals surface area contributed by atoms with Gasteiger partial charge in [0.2, 0.25) is 0 Å². The SMILES string of the molecule is Cc1ccc(N(CC(=O)N/N=C\c2ccccc2C(F)(F)F)S(=O)(=O)c2ccccc2)cc1. The molecule has 10 heteroatoms. The molecule has 3 aromatic carbocycles. The second-order valence-electron chi connectivity index (χ2n) is 7.04. The van der Waals surface area contributed by atoms with Gasteiger partial charge in [0.05, 0.1) is 22.4 Å². The zero-order valence-electron chi connectivity index (χ0n) is 17.5. The molecule has 172 valence electrons. The summed E-state index contributed by atoms with van der Waals surface area (Å²) in [6.07, 6.45) is -3.72. The number of hydrazone groups is 1. The van der Waals surface area contributed by atoms with Crippen molar-refractivity contribution < 1.29 is 26.4 Å². The maximum Gasteiger partial charge on any atom is 0.417 e. The van der Waals surface area contributed by atoms with Crippen molar-refractivity contribution in [2.24, 2.45) is 5.10 Å². The number of alkyl halides is 3. The Bertz CT molecular complexity index is 1240. The van der Waals surface area contributed by atoms with Crippen LogP contribution in [0.15, 0.2) is 88.9 Å². The van der Waals surface area contributed by atoms with Crippen molar-refractivity contribution in [2.45, 2.75) is 18.0 Å². The Hall–Kier alpha value is -3.66. The highest BCUT2D eigenvalue weighted by molar-refractivity contribution is 7.92. The topological polar surface area (TPSA) is 78.8 Å². The van der Waals surface area contributed by atoms with Gasteiger partial charge in [-0.1, -0.05) is 54.1 Å². The van der Waals surface area contributed by atoms with Gasteiger partial charge < -0.3 is 0 Å². The lowest BCUT2D eigenvalue weighted by molar-refractivity contribution is -0.137. The number of aryl methyl sites for hydroxylation is 1. The van der Waals surface area contributed by atoms with Gasteiger partial charge in [-0.05, 0) is 37.3 Å². The Morgan fingerprint density at radius 1 is 0.970 bits per heavy atom. The van der Waals surface area contributed by atoms with E-state index in [-0.39, 0.29) is 16.1 Å². The molecule has 6 nitrogen and oxygen atoms in total. The molecule has 3 rings (SSSR count). The monoisotopic (exact) mass is 475 g/mol. The van der Waals surface area contributed by atoms with Gasteiger partial charge in [-0.3, -0.25) is 9.10 Å². The Labute approximate surface area is 189 Å². The highest BCUT2D eigenvalue weighted by Crippen LogP contribution is 2.31. The van der Waals surface area contributed by atoms with Crippen molar-refractivity contribution in [1.29, 1.82) is 0 Å². The number of carbonyl (C=O) groups is 1. The van der Waals surface area contributed by atoms with Crippen LogP contribution in [-0.2, 0) is 21.0 Å². The van der Waals surface area contributed by atoms with Crippen molar-refractivity contribution in [3.63, 3.8) is 0 Å². The molecule has 0 aliphatic heterocycles. The number of benzene rings is 3. The second-order valence-corrected chi connectivity index (χ2v) is 8.90. The van der Waals surface area contributed by atoms with Crippen LogP contribution in [0.5, 0.6) is 0 Å². The number of anilines is 1. The molecule has 0 unspecified atom stereocenters. The summed E-state index contributed by atoms with van der Waals surface area (Å²) in [6.45, 7) is 1.21. The average molecular weight is 475 g/mol. The number of carbonyl (C=O) groups excluding carboxylic acids is 1. The zero-order chi connectivity index (χ0) is 24.1. The molecule has 0 saturated heterocycles. The molecule has 0 atom stereocenters. The first-order valence-electron chi connectivity index (χ1n) is 9.71.